The average molecular weight is 695 g/mol. The molecule has 0 aromatic rings. The van der Waals surface area contributed by atoms with Gasteiger partial charge in [0.1, 0.15) is 13.2 Å². The molecule has 0 unspecified atom stereocenters. The average Bonchev–Trinajstić information content (AvgIpc) is 3.09. The summed E-state index contributed by atoms with van der Waals surface area (Å²) in [5.41, 5.74) is 0. The summed E-state index contributed by atoms with van der Waals surface area (Å²) in [5.74, 6) is -0.879. The highest BCUT2D eigenvalue weighted by Crippen LogP contribution is 2.16. The van der Waals surface area contributed by atoms with E-state index in [1.807, 2.05) is 0 Å². The summed E-state index contributed by atoms with van der Waals surface area (Å²) < 4.78 is 16.5. The van der Waals surface area contributed by atoms with Crippen molar-refractivity contribution in [2.75, 3.05) is 13.2 Å². The van der Waals surface area contributed by atoms with E-state index in [-0.39, 0.29) is 31.1 Å². The second-order valence-corrected chi connectivity index (χ2v) is 14.6. The SMILES string of the molecule is CCCCCCCCCCCCCCCCCCCCCC(=O)OC[C@H](COC(=O)CCCCCCCCC)OC(=O)CCCCCCC. The number of unbranched alkanes of at least 4 members (excludes halogenated alkanes) is 28. The fraction of sp³-hybridized carbons (Fsp3) is 0.930. The summed E-state index contributed by atoms with van der Waals surface area (Å²) >= 11 is 0. The Kier molecular flexibility index (Phi) is 37.9. The maximum absolute atomic E-state index is 12.5. The van der Waals surface area contributed by atoms with E-state index in [0.29, 0.717) is 19.3 Å². The molecule has 0 saturated carbocycles. The summed E-state index contributed by atoms with van der Waals surface area (Å²) in [6, 6.07) is 0. The molecule has 0 aromatic heterocycles. The van der Waals surface area contributed by atoms with E-state index >= 15 is 0 Å². The predicted molar refractivity (Wildman–Crippen MR) is 206 cm³/mol. The van der Waals surface area contributed by atoms with Crippen molar-refractivity contribution in [2.24, 2.45) is 0 Å². The fourth-order valence-electron chi connectivity index (χ4n) is 6.32. The van der Waals surface area contributed by atoms with Gasteiger partial charge in [-0.25, -0.2) is 0 Å². The minimum Gasteiger partial charge on any atom is -0.462 e. The zero-order valence-electron chi connectivity index (χ0n) is 33.0. The molecule has 6 nitrogen and oxygen atoms in total. The second-order valence-electron chi connectivity index (χ2n) is 14.6. The van der Waals surface area contributed by atoms with E-state index in [4.69, 9.17) is 14.2 Å². The van der Waals surface area contributed by atoms with Crippen LogP contribution >= 0.6 is 0 Å². The van der Waals surface area contributed by atoms with Crippen LogP contribution in [0, 0.1) is 0 Å². The van der Waals surface area contributed by atoms with Crippen LogP contribution in [0.3, 0.4) is 0 Å². The molecule has 0 aliphatic carbocycles. The first-order valence-corrected chi connectivity index (χ1v) is 21.5. The molecule has 0 spiro atoms. The Labute approximate surface area is 304 Å². The Morgan fingerprint density at radius 3 is 0.816 bits per heavy atom. The van der Waals surface area contributed by atoms with E-state index in [9.17, 15) is 14.4 Å². The quantitative estimate of drug-likeness (QED) is 0.0362. The molecule has 0 N–H and O–H groups in total. The van der Waals surface area contributed by atoms with Gasteiger partial charge < -0.3 is 14.2 Å². The van der Waals surface area contributed by atoms with Crippen molar-refractivity contribution in [3.63, 3.8) is 0 Å². The minimum absolute atomic E-state index is 0.0652. The molecule has 6 heteroatoms. The van der Waals surface area contributed by atoms with E-state index in [1.54, 1.807) is 0 Å². The number of carbonyl (C=O) groups excluding carboxylic acids is 3. The predicted octanol–water partition coefficient (Wildman–Crippen LogP) is 13.3. The Bertz CT molecular complexity index is 723. The normalized spacial score (nSPS) is 11.8. The molecule has 0 bridgehead atoms. The first-order valence-electron chi connectivity index (χ1n) is 21.5. The van der Waals surface area contributed by atoms with Crippen LogP contribution in [0.1, 0.15) is 239 Å². The Morgan fingerprint density at radius 2 is 0.551 bits per heavy atom. The molecular weight excluding hydrogens is 612 g/mol. The van der Waals surface area contributed by atoms with Gasteiger partial charge in [-0.3, -0.25) is 14.4 Å². The number of rotatable bonds is 39. The van der Waals surface area contributed by atoms with Gasteiger partial charge in [0.15, 0.2) is 6.10 Å². The lowest BCUT2D eigenvalue weighted by Crippen LogP contribution is -2.30. The van der Waals surface area contributed by atoms with Crippen molar-refractivity contribution < 1.29 is 28.6 Å². The molecule has 0 heterocycles. The zero-order valence-corrected chi connectivity index (χ0v) is 33.0. The monoisotopic (exact) mass is 695 g/mol. The number of esters is 3. The molecule has 0 amide bonds. The smallest absolute Gasteiger partial charge is 0.306 e. The molecule has 0 aromatic carbocycles. The van der Waals surface area contributed by atoms with Crippen molar-refractivity contribution in [3.05, 3.63) is 0 Å². The molecule has 0 aliphatic heterocycles. The number of hydrogen-bond acceptors (Lipinski definition) is 6. The molecule has 0 saturated heterocycles. The molecule has 0 fully saturated rings. The van der Waals surface area contributed by atoms with Gasteiger partial charge in [-0.2, -0.15) is 0 Å². The highest BCUT2D eigenvalue weighted by molar-refractivity contribution is 5.71. The first-order chi connectivity index (χ1) is 24.0. The van der Waals surface area contributed by atoms with Crippen LogP contribution in [0.4, 0.5) is 0 Å². The molecule has 49 heavy (non-hydrogen) atoms. The van der Waals surface area contributed by atoms with Gasteiger partial charge in [-0.1, -0.05) is 201 Å². The third-order valence-corrected chi connectivity index (χ3v) is 9.61. The fourth-order valence-corrected chi connectivity index (χ4v) is 6.32. The number of hydrogen-bond donors (Lipinski definition) is 0. The summed E-state index contributed by atoms with van der Waals surface area (Å²) in [6.07, 6.45) is 38.5. The van der Waals surface area contributed by atoms with Crippen LogP contribution in [0.5, 0.6) is 0 Å². The summed E-state index contributed by atoms with van der Waals surface area (Å²) in [7, 11) is 0. The molecule has 0 radical (unpaired) electrons. The van der Waals surface area contributed by atoms with Crippen molar-refractivity contribution in [2.45, 2.75) is 245 Å². The Hall–Kier alpha value is -1.59. The first kappa shape index (κ1) is 47.4. The highest BCUT2D eigenvalue weighted by atomic mass is 16.6. The minimum atomic E-state index is -0.754. The Morgan fingerprint density at radius 1 is 0.327 bits per heavy atom. The van der Waals surface area contributed by atoms with Crippen LogP contribution in [-0.4, -0.2) is 37.2 Å². The van der Waals surface area contributed by atoms with Gasteiger partial charge >= 0.3 is 17.9 Å². The number of ether oxygens (including phenoxy) is 3. The van der Waals surface area contributed by atoms with Gasteiger partial charge in [0.2, 0.25) is 0 Å². The van der Waals surface area contributed by atoms with Gasteiger partial charge in [0.25, 0.3) is 0 Å². The third-order valence-electron chi connectivity index (χ3n) is 9.61. The van der Waals surface area contributed by atoms with Crippen molar-refractivity contribution in [1.82, 2.24) is 0 Å². The molecule has 0 rings (SSSR count). The maximum atomic E-state index is 12.5. The highest BCUT2D eigenvalue weighted by Gasteiger charge is 2.19. The van der Waals surface area contributed by atoms with Crippen LogP contribution in [0.2, 0.25) is 0 Å². The lowest BCUT2D eigenvalue weighted by molar-refractivity contribution is -0.167. The Balaban J connectivity index is 4.01. The second kappa shape index (κ2) is 39.2. The van der Waals surface area contributed by atoms with E-state index in [1.165, 1.54) is 135 Å². The van der Waals surface area contributed by atoms with Gasteiger partial charge in [0.05, 0.1) is 0 Å². The largest absolute Gasteiger partial charge is 0.462 e. The molecule has 0 aliphatic rings. The van der Waals surface area contributed by atoms with E-state index in [0.717, 1.165) is 64.2 Å². The van der Waals surface area contributed by atoms with Crippen molar-refractivity contribution in [3.8, 4) is 0 Å². The molecular formula is C43H82O6. The molecule has 290 valence electrons. The lowest BCUT2D eigenvalue weighted by atomic mass is 10.0. The van der Waals surface area contributed by atoms with Crippen LogP contribution in [-0.2, 0) is 28.6 Å². The number of carbonyl (C=O) groups is 3. The van der Waals surface area contributed by atoms with E-state index < -0.39 is 6.10 Å². The summed E-state index contributed by atoms with van der Waals surface area (Å²) in [5, 5.41) is 0. The standard InChI is InChI=1S/C43H82O6/c1-4-7-10-13-15-16-17-18-19-20-21-22-23-24-25-26-28-31-33-36-42(45)48-39-40(49-43(46)37-34-29-12-9-6-3)38-47-41(44)35-32-30-27-14-11-8-5-2/h40H,4-39H2,1-3H3/t40-/m0/s1. The van der Waals surface area contributed by atoms with Crippen molar-refractivity contribution >= 4 is 17.9 Å². The van der Waals surface area contributed by atoms with Gasteiger partial charge in [0, 0.05) is 19.3 Å². The topological polar surface area (TPSA) is 78.9 Å². The van der Waals surface area contributed by atoms with E-state index in [2.05, 4.69) is 20.8 Å². The molecule has 1 atom stereocenters. The van der Waals surface area contributed by atoms with Gasteiger partial charge in [-0.15, -0.1) is 0 Å². The van der Waals surface area contributed by atoms with Gasteiger partial charge in [-0.05, 0) is 19.3 Å². The summed E-state index contributed by atoms with van der Waals surface area (Å²) in [4.78, 5) is 37.2. The van der Waals surface area contributed by atoms with Crippen LogP contribution in [0.15, 0.2) is 0 Å². The van der Waals surface area contributed by atoms with Crippen LogP contribution in [0.25, 0.3) is 0 Å². The third kappa shape index (κ3) is 37.5. The summed E-state index contributed by atoms with van der Waals surface area (Å²) in [6.45, 7) is 6.52. The van der Waals surface area contributed by atoms with Crippen molar-refractivity contribution in [1.29, 1.82) is 0 Å². The maximum Gasteiger partial charge on any atom is 0.306 e. The van der Waals surface area contributed by atoms with Crippen LogP contribution < -0.4 is 0 Å². The lowest BCUT2D eigenvalue weighted by Gasteiger charge is -2.18. The zero-order chi connectivity index (χ0) is 35.9.